The Kier molecular flexibility index (Phi) is 9.84. The predicted octanol–water partition coefficient (Wildman–Crippen LogP) is 18.5. The number of hydrogen-bond donors (Lipinski definition) is 0. The molecule has 0 N–H and O–H groups in total. The predicted molar refractivity (Wildman–Crippen MR) is 290 cm³/mol. The summed E-state index contributed by atoms with van der Waals surface area (Å²) in [4.78, 5) is 2.35. The van der Waals surface area contributed by atoms with Gasteiger partial charge < -0.3 is 13.9 Å². The molecule has 324 valence electrons. The van der Waals surface area contributed by atoms with Crippen molar-refractivity contribution >= 4 is 60.8 Å². The molecule has 2 heterocycles. The molecule has 2 aromatic heterocycles. The minimum atomic E-state index is 0.887. The first-order valence-corrected chi connectivity index (χ1v) is 23.6. The summed E-state index contributed by atoms with van der Waals surface area (Å²) in [5.41, 5.74) is 20.2. The van der Waals surface area contributed by atoms with Crippen molar-refractivity contribution in [3.63, 3.8) is 0 Å². The highest BCUT2D eigenvalue weighted by atomic mass is 16.3. The fourth-order valence-electron chi connectivity index (χ4n) is 10.2. The Bertz CT molecular complexity index is 3950. The molecule has 69 heavy (non-hydrogen) atoms. The zero-order valence-electron chi connectivity index (χ0n) is 37.7. The van der Waals surface area contributed by atoms with Crippen LogP contribution < -0.4 is 4.90 Å². The quantitative estimate of drug-likeness (QED) is 0.144. The number of hydrogen-bond acceptors (Lipinski definition) is 2. The molecule has 0 aliphatic rings. The van der Waals surface area contributed by atoms with Gasteiger partial charge in [0.05, 0.1) is 11.0 Å². The van der Waals surface area contributed by atoms with Crippen molar-refractivity contribution < 1.29 is 4.42 Å². The summed E-state index contributed by atoms with van der Waals surface area (Å²) in [5.74, 6) is 0. The van der Waals surface area contributed by atoms with Crippen LogP contribution in [0.4, 0.5) is 17.1 Å². The van der Waals surface area contributed by atoms with Gasteiger partial charge in [0.1, 0.15) is 11.2 Å². The Morgan fingerprint density at radius 1 is 0.275 bits per heavy atom. The summed E-state index contributed by atoms with van der Waals surface area (Å²) in [6.45, 7) is 0. The first kappa shape index (κ1) is 40.1. The molecule has 0 bridgehead atoms. The normalized spacial score (nSPS) is 11.5. The molecule has 0 aliphatic heterocycles. The van der Waals surface area contributed by atoms with Gasteiger partial charge in [-0.05, 0) is 123 Å². The first-order chi connectivity index (χ1) is 34.2. The standard InChI is InChI=1S/C66H44N2O/c1-4-13-45(14-5-1)46-23-25-47(26-24-46)48-27-35-55(36-28-48)67(56-37-29-49(30-38-56)52-34-42-65-62(43-52)61-21-12-20-58(66(61)69-65)51-15-6-2-7-16-51)57-39-31-50(32-40-57)53-33-41-60-59-19-10-11-22-63(59)68(64(60)44-53)54-17-8-3-9-18-54/h1-44H. The SMILES string of the molecule is c1ccc(-c2ccc(-c3ccc(N(c4ccc(-c5ccc6oc7c(-c8ccccc8)cccc7c6c5)cc4)c4ccc(-c5ccc6c7ccccc7n(-c7ccccc7)c6c5)cc4)cc3)cc2)cc1. The number of aromatic nitrogens is 1. The van der Waals surface area contributed by atoms with Crippen LogP contribution in [-0.2, 0) is 0 Å². The highest BCUT2D eigenvalue weighted by molar-refractivity contribution is 6.11. The van der Waals surface area contributed by atoms with Crippen molar-refractivity contribution in [2.45, 2.75) is 0 Å². The topological polar surface area (TPSA) is 21.3 Å². The maximum atomic E-state index is 6.52. The van der Waals surface area contributed by atoms with E-state index in [1.54, 1.807) is 0 Å². The van der Waals surface area contributed by atoms with Crippen LogP contribution in [0, 0.1) is 0 Å². The van der Waals surface area contributed by atoms with Gasteiger partial charge in [-0.1, -0.05) is 194 Å². The molecule has 0 fully saturated rings. The summed E-state index contributed by atoms with van der Waals surface area (Å²) in [7, 11) is 0. The molecule has 13 aromatic rings. The number of rotatable bonds is 9. The molecule has 0 spiro atoms. The van der Waals surface area contributed by atoms with Crippen LogP contribution in [0.2, 0.25) is 0 Å². The Balaban J connectivity index is 0.863. The Hall–Kier alpha value is -9.18. The lowest BCUT2D eigenvalue weighted by atomic mass is 9.99. The number of furan rings is 1. The Labute approximate surface area is 401 Å². The summed E-state index contributed by atoms with van der Waals surface area (Å²) < 4.78 is 8.90. The molecular formula is C66H44N2O. The average molecular weight is 881 g/mol. The van der Waals surface area contributed by atoms with Crippen LogP contribution in [0.15, 0.2) is 271 Å². The fraction of sp³-hybridized carbons (Fsp3) is 0. The smallest absolute Gasteiger partial charge is 0.143 e. The summed E-state index contributed by atoms with van der Waals surface area (Å²) in [6, 6.07) is 96.0. The molecular weight excluding hydrogens is 837 g/mol. The lowest BCUT2D eigenvalue weighted by Gasteiger charge is -2.26. The van der Waals surface area contributed by atoms with Crippen molar-refractivity contribution in [1.82, 2.24) is 4.57 Å². The molecule has 0 atom stereocenters. The van der Waals surface area contributed by atoms with E-state index >= 15 is 0 Å². The largest absolute Gasteiger partial charge is 0.455 e. The first-order valence-electron chi connectivity index (χ1n) is 23.6. The molecule has 3 heteroatoms. The van der Waals surface area contributed by atoms with Gasteiger partial charge in [-0.2, -0.15) is 0 Å². The third-order valence-corrected chi connectivity index (χ3v) is 13.6. The van der Waals surface area contributed by atoms with Gasteiger partial charge in [0.25, 0.3) is 0 Å². The minimum Gasteiger partial charge on any atom is -0.455 e. The molecule has 0 aliphatic carbocycles. The molecule has 0 radical (unpaired) electrons. The van der Waals surface area contributed by atoms with E-state index in [0.717, 1.165) is 72.5 Å². The van der Waals surface area contributed by atoms with E-state index in [1.807, 2.05) is 6.07 Å². The number of nitrogens with zero attached hydrogens (tertiary/aromatic N) is 2. The summed E-state index contributed by atoms with van der Waals surface area (Å²) >= 11 is 0. The van der Waals surface area contributed by atoms with Crippen LogP contribution in [0.5, 0.6) is 0 Å². The van der Waals surface area contributed by atoms with Gasteiger partial charge in [0.15, 0.2) is 0 Å². The number of benzene rings is 11. The zero-order chi connectivity index (χ0) is 45.7. The second-order valence-electron chi connectivity index (χ2n) is 17.7. The second kappa shape index (κ2) is 16.9. The van der Waals surface area contributed by atoms with Crippen molar-refractivity contribution in [2.75, 3.05) is 4.90 Å². The van der Waals surface area contributed by atoms with E-state index in [9.17, 15) is 0 Å². The molecule has 3 nitrogen and oxygen atoms in total. The van der Waals surface area contributed by atoms with Crippen LogP contribution in [0.3, 0.4) is 0 Å². The number of anilines is 3. The highest BCUT2D eigenvalue weighted by Gasteiger charge is 2.18. The van der Waals surface area contributed by atoms with Gasteiger partial charge >= 0.3 is 0 Å². The summed E-state index contributed by atoms with van der Waals surface area (Å²) in [5, 5.41) is 4.73. The Morgan fingerprint density at radius 2 is 0.710 bits per heavy atom. The van der Waals surface area contributed by atoms with Gasteiger partial charge in [0, 0.05) is 49.9 Å². The molecule has 13 rings (SSSR count). The van der Waals surface area contributed by atoms with Crippen LogP contribution in [-0.4, -0.2) is 4.57 Å². The molecule has 0 saturated carbocycles. The van der Waals surface area contributed by atoms with Gasteiger partial charge in [-0.25, -0.2) is 0 Å². The zero-order valence-corrected chi connectivity index (χ0v) is 37.7. The van der Waals surface area contributed by atoms with Crippen molar-refractivity contribution in [3.05, 3.63) is 267 Å². The molecule has 0 unspecified atom stereocenters. The maximum Gasteiger partial charge on any atom is 0.143 e. The van der Waals surface area contributed by atoms with Crippen LogP contribution in [0.25, 0.3) is 105 Å². The van der Waals surface area contributed by atoms with E-state index in [1.165, 1.54) is 49.6 Å². The molecule has 0 saturated heterocycles. The lowest BCUT2D eigenvalue weighted by Crippen LogP contribution is -2.09. The van der Waals surface area contributed by atoms with E-state index in [-0.39, 0.29) is 0 Å². The second-order valence-corrected chi connectivity index (χ2v) is 17.7. The van der Waals surface area contributed by atoms with Crippen molar-refractivity contribution in [2.24, 2.45) is 0 Å². The fourth-order valence-corrected chi connectivity index (χ4v) is 10.2. The van der Waals surface area contributed by atoms with E-state index < -0.39 is 0 Å². The lowest BCUT2D eigenvalue weighted by molar-refractivity contribution is 0.670. The van der Waals surface area contributed by atoms with Crippen molar-refractivity contribution in [1.29, 1.82) is 0 Å². The van der Waals surface area contributed by atoms with E-state index in [4.69, 9.17) is 4.42 Å². The molecule has 11 aromatic carbocycles. The number of para-hydroxylation sites is 3. The summed E-state index contributed by atoms with van der Waals surface area (Å²) in [6.07, 6.45) is 0. The monoisotopic (exact) mass is 880 g/mol. The van der Waals surface area contributed by atoms with Gasteiger partial charge in [0.2, 0.25) is 0 Å². The molecule has 0 amide bonds. The van der Waals surface area contributed by atoms with E-state index in [0.29, 0.717) is 0 Å². The highest BCUT2D eigenvalue weighted by Crippen LogP contribution is 2.41. The maximum absolute atomic E-state index is 6.52. The third kappa shape index (κ3) is 7.25. The van der Waals surface area contributed by atoms with Crippen LogP contribution >= 0.6 is 0 Å². The van der Waals surface area contributed by atoms with Crippen molar-refractivity contribution in [3.8, 4) is 61.3 Å². The van der Waals surface area contributed by atoms with E-state index in [2.05, 4.69) is 270 Å². The average Bonchev–Trinajstić information content (AvgIpc) is 3.98. The van der Waals surface area contributed by atoms with Gasteiger partial charge in [-0.15, -0.1) is 0 Å². The number of fused-ring (bicyclic) bond motifs is 6. The van der Waals surface area contributed by atoms with Gasteiger partial charge in [-0.3, -0.25) is 0 Å². The minimum absolute atomic E-state index is 0.887. The Morgan fingerprint density at radius 3 is 1.32 bits per heavy atom. The third-order valence-electron chi connectivity index (χ3n) is 13.6. The van der Waals surface area contributed by atoms with Crippen LogP contribution in [0.1, 0.15) is 0 Å².